The second kappa shape index (κ2) is 6.97. The third-order valence-electron chi connectivity index (χ3n) is 2.32. The third-order valence-corrected chi connectivity index (χ3v) is 3.12. The molecule has 0 heterocycles. The van der Waals surface area contributed by atoms with Gasteiger partial charge in [0, 0.05) is 16.4 Å². The first kappa shape index (κ1) is 14.5. The second-order valence-corrected chi connectivity index (χ2v) is 5.06. The fraction of sp³-hybridized carbons (Fsp3) is 0.417. The molecule has 0 bridgehead atoms. The monoisotopic (exact) mass is 321 g/mol. The standard InChI is InChI=1S/C12H14BrClFNO/c1-8(3-2-6-13)16-12(17)10-7-9(14)4-5-11(10)15/h4-5,7-8H,2-3,6H2,1H3,(H,16,17). The summed E-state index contributed by atoms with van der Waals surface area (Å²) in [6, 6.07) is 3.96. The van der Waals surface area contributed by atoms with Crippen molar-refractivity contribution in [1.29, 1.82) is 0 Å². The van der Waals surface area contributed by atoms with Crippen LogP contribution in [0, 0.1) is 5.82 Å². The van der Waals surface area contributed by atoms with E-state index in [2.05, 4.69) is 21.2 Å². The number of rotatable bonds is 5. The average molecular weight is 323 g/mol. The van der Waals surface area contributed by atoms with Crippen LogP contribution in [-0.4, -0.2) is 17.3 Å². The molecule has 1 unspecified atom stereocenters. The SMILES string of the molecule is CC(CCCBr)NC(=O)c1cc(Cl)ccc1F. The molecular weight excluding hydrogens is 308 g/mol. The smallest absolute Gasteiger partial charge is 0.254 e. The number of nitrogens with one attached hydrogen (secondary N) is 1. The predicted octanol–water partition coefficient (Wildman–Crippen LogP) is 3.77. The molecule has 17 heavy (non-hydrogen) atoms. The Labute approximate surface area is 114 Å². The van der Waals surface area contributed by atoms with Gasteiger partial charge in [0.1, 0.15) is 5.82 Å². The zero-order valence-electron chi connectivity index (χ0n) is 9.47. The second-order valence-electron chi connectivity index (χ2n) is 3.83. The summed E-state index contributed by atoms with van der Waals surface area (Å²) < 4.78 is 13.4. The summed E-state index contributed by atoms with van der Waals surface area (Å²) in [6.07, 6.45) is 1.80. The van der Waals surface area contributed by atoms with Crippen LogP contribution in [0.1, 0.15) is 30.1 Å². The molecule has 1 amide bonds. The fourth-order valence-corrected chi connectivity index (χ4v) is 1.92. The van der Waals surface area contributed by atoms with Crippen molar-refractivity contribution in [3.05, 3.63) is 34.6 Å². The van der Waals surface area contributed by atoms with Gasteiger partial charge in [-0.3, -0.25) is 4.79 Å². The van der Waals surface area contributed by atoms with Crippen molar-refractivity contribution in [1.82, 2.24) is 5.32 Å². The Morgan fingerprint density at radius 3 is 2.94 bits per heavy atom. The first-order chi connectivity index (χ1) is 8.04. The van der Waals surface area contributed by atoms with Crippen LogP contribution in [0.5, 0.6) is 0 Å². The lowest BCUT2D eigenvalue weighted by molar-refractivity contribution is 0.0934. The molecule has 0 aromatic heterocycles. The van der Waals surface area contributed by atoms with Gasteiger partial charge in [-0.1, -0.05) is 27.5 Å². The Morgan fingerprint density at radius 2 is 2.29 bits per heavy atom. The van der Waals surface area contributed by atoms with E-state index < -0.39 is 11.7 Å². The van der Waals surface area contributed by atoms with E-state index in [1.54, 1.807) is 0 Å². The minimum Gasteiger partial charge on any atom is -0.349 e. The van der Waals surface area contributed by atoms with Crippen molar-refractivity contribution >= 4 is 33.4 Å². The van der Waals surface area contributed by atoms with E-state index in [1.165, 1.54) is 18.2 Å². The number of carbonyl (C=O) groups is 1. The van der Waals surface area contributed by atoms with Crippen LogP contribution in [-0.2, 0) is 0 Å². The molecule has 1 N–H and O–H groups in total. The first-order valence-electron chi connectivity index (χ1n) is 5.36. The highest BCUT2D eigenvalue weighted by atomic mass is 79.9. The molecule has 94 valence electrons. The predicted molar refractivity (Wildman–Crippen MR) is 71.4 cm³/mol. The summed E-state index contributed by atoms with van der Waals surface area (Å²) in [5.74, 6) is -0.980. The number of alkyl halides is 1. The van der Waals surface area contributed by atoms with Gasteiger partial charge in [-0.25, -0.2) is 4.39 Å². The summed E-state index contributed by atoms with van der Waals surface area (Å²) in [5, 5.41) is 3.98. The molecule has 0 spiro atoms. The quantitative estimate of drug-likeness (QED) is 0.821. The van der Waals surface area contributed by atoms with E-state index in [-0.39, 0.29) is 11.6 Å². The van der Waals surface area contributed by atoms with Gasteiger partial charge in [0.05, 0.1) is 5.56 Å². The molecule has 0 aliphatic carbocycles. The van der Waals surface area contributed by atoms with Gasteiger partial charge in [0.25, 0.3) is 5.91 Å². The molecular formula is C12H14BrClFNO. The number of hydrogen-bond acceptors (Lipinski definition) is 1. The Kier molecular flexibility index (Phi) is 5.92. The van der Waals surface area contributed by atoms with E-state index in [0.29, 0.717) is 5.02 Å². The van der Waals surface area contributed by atoms with Crippen LogP contribution >= 0.6 is 27.5 Å². The normalized spacial score (nSPS) is 12.2. The lowest BCUT2D eigenvalue weighted by Crippen LogP contribution is -2.33. The maximum Gasteiger partial charge on any atom is 0.254 e. The minimum atomic E-state index is -0.556. The summed E-state index contributed by atoms with van der Waals surface area (Å²) >= 11 is 9.05. The molecule has 0 saturated heterocycles. The summed E-state index contributed by atoms with van der Waals surface area (Å²) in [7, 11) is 0. The van der Waals surface area contributed by atoms with Gasteiger partial charge in [0.2, 0.25) is 0 Å². The van der Waals surface area contributed by atoms with Gasteiger partial charge in [-0.05, 0) is 38.0 Å². The first-order valence-corrected chi connectivity index (χ1v) is 6.86. The fourth-order valence-electron chi connectivity index (χ4n) is 1.43. The van der Waals surface area contributed by atoms with Crippen molar-refractivity contribution < 1.29 is 9.18 Å². The van der Waals surface area contributed by atoms with Crippen molar-refractivity contribution in [2.45, 2.75) is 25.8 Å². The molecule has 5 heteroatoms. The Bertz CT molecular complexity index is 400. The van der Waals surface area contributed by atoms with Crippen molar-refractivity contribution in [3.63, 3.8) is 0 Å². The average Bonchev–Trinajstić information content (AvgIpc) is 2.29. The molecule has 0 radical (unpaired) electrons. The highest BCUT2D eigenvalue weighted by Crippen LogP contribution is 2.15. The molecule has 1 aromatic rings. The summed E-state index contributed by atoms with van der Waals surface area (Å²) in [5.41, 5.74) is -0.0109. The number of hydrogen-bond donors (Lipinski definition) is 1. The minimum absolute atomic E-state index is 0.0109. The van der Waals surface area contributed by atoms with E-state index >= 15 is 0 Å². The molecule has 0 aliphatic rings. The zero-order valence-corrected chi connectivity index (χ0v) is 11.8. The van der Waals surface area contributed by atoms with Gasteiger partial charge >= 0.3 is 0 Å². The van der Waals surface area contributed by atoms with Crippen LogP contribution in [0.3, 0.4) is 0 Å². The van der Waals surface area contributed by atoms with E-state index in [0.717, 1.165) is 18.2 Å². The molecule has 0 saturated carbocycles. The number of benzene rings is 1. The number of carbonyl (C=O) groups excluding carboxylic acids is 1. The van der Waals surface area contributed by atoms with Gasteiger partial charge in [0.15, 0.2) is 0 Å². The highest BCUT2D eigenvalue weighted by Gasteiger charge is 2.14. The highest BCUT2D eigenvalue weighted by molar-refractivity contribution is 9.09. The third kappa shape index (κ3) is 4.64. The molecule has 0 aliphatic heterocycles. The summed E-state index contributed by atoms with van der Waals surface area (Å²) in [4.78, 5) is 11.8. The van der Waals surface area contributed by atoms with Crippen LogP contribution in [0.25, 0.3) is 0 Å². The van der Waals surface area contributed by atoms with Crippen molar-refractivity contribution in [2.75, 3.05) is 5.33 Å². The topological polar surface area (TPSA) is 29.1 Å². The lowest BCUT2D eigenvalue weighted by atomic mass is 10.1. The molecule has 1 atom stereocenters. The van der Waals surface area contributed by atoms with Gasteiger partial charge < -0.3 is 5.32 Å². The Hall–Kier alpha value is -0.610. The summed E-state index contributed by atoms with van der Waals surface area (Å²) in [6.45, 7) is 1.89. The van der Waals surface area contributed by atoms with Crippen LogP contribution in [0.4, 0.5) is 4.39 Å². The van der Waals surface area contributed by atoms with Crippen molar-refractivity contribution in [2.24, 2.45) is 0 Å². The van der Waals surface area contributed by atoms with Crippen LogP contribution < -0.4 is 5.32 Å². The maximum absolute atomic E-state index is 13.4. The molecule has 1 rings (SSSR count). The molecule has 1 aromatic carbocycles. The Morgan fingerprint density at radius 1 is 1.59 bits per heavy atom. The van der Waals surface area contributed by atoms with E-state index in [1.807, 2.05) is 6.92 Å². The van der Waals surface area contributed by atoms with E-state index in [4.69, 9.17) is 11.6 Å². The van der Waals surface area contributed by atoms with Gasteiger partial charge in [-0.2, -0.15) is 0 Å². The van der Waals surface area contributed by atoms with Crippen LogP contribution in [0.2, 0.25) is 5.02 Å². The van der Waals surface area contributed by atoms with Crippen molar-refractivity contribution in [3.8, 4) is 0 Å². The number of amides is 1. The Balaban J connectivity index is 2.66. The van der Waals surface area contributed by atoms with Gasteiger partial charge in [-0.15, -0.1) is 0 Å². The number of halogens is 3. The van der Waals surface area contributed by atoms with Crippen LogP contribution in [0.15, 0.2) is 18.2 Å². The zero-order chi connectivity index (χ0) is 12.8. The maximum atomic E-state index is 13.4. The lowest BCUT2D eigenvalue weighted by Gasteiger charge is -2.13. The molecule has 2 nitrogen and oxygen atoms in total. The van der Waals surface area contributed by atoms with E-state index in [9.17, 15) is 9.18 Å². The molecule has 0 fully saturated rings. The largest absolute Gasteiger partial charge is 0.349 e.